The largest absolute Gasteiger partial charge is 0.351 e. The lowest BCUT2D eigenvalue weighted by Crippen LogP contribution is -2.31. The van der Waals surface area contributed by atoms with Crippen molar-refractivity contribution in [3.05, 3.63) is 81.7 Å². The Kier molecular flexibility index (Phi) is 8.23. The van der Waals surface area contributed by atoms with Crippen LogP contribution in [0.4, 0.5) is 0 Å². The average Bonchev–Trinajstić information content (AvgIpc) is 3.32. The number of hydrogen-bond donors (Lipinski definition) is 1. The smallest absolute Gasteiger partial charge is 0.259 e. The van der Waals surface area contributed by atoms with Gasteiger partial charge in [0.1, 0.15) is 0 Å². The molecule has 0 saturated carbocycles. The molecule has 0 bridgehead atoms. The second-order valence-electron chi connectivity index (χ2n) is 9.17. The second kappa shape index (κ2) is 11.5. The van der Waals surface area contributed by atoms with E-state index in [1.807, 2.05) is 61.5 Å². The lowest BCUT2D eigenvalue weighted by molar-refractivity contribution is 0.0951. The van der Waals surface area contributed by atoms with E-state index in [9.17, 15) is 9.59 Å². The van der Waals surface area contributed by atoms with Crippen molar-refractivity contribution in [1.29, 1.82) is 0 Å². The summed E-state index contributed by atoms with van der Waals surface area (Å²) in [6, 6.07) is 16.5. The molecule has 2 heterocycles. The highest BCUT2D eigenvalue weighted by atomic mass is 35.5. The summed E-state index contributed by atoms with van der Waals surface area (Å²) in [5, 5.41) is 3.60. The van der Waals surface area contributed by atoms with Gasteiger partial charge in [0.05, 0.1) is 11.4 Å². The summed E-state index contributed by atoms with van der Waals surface area (Å²) in [5.74, 6) is 0.449. The summed E-state index contributed by atoms with van der Waals surface area (Å²) < 4.78 is 3.68. The number of benzene rings is 2. The van der Waals surface area contributed by atoms with Crippen LogP contribution in [-0.4, -0.2) is 51.9 Å². The second-order valence-corrected chi connectivity index (χ2v) is 9.61. The van der Waals surface area contributed by atoms with Crippen LogP contribution in [0.25, 0.3) is 28.3 Å². The number of aryl methyl sites for hydroxylation is 1. The normalized spacial score (nSPS) is 11.4. The molecule has 188 valence electrons. The number of carbonyl (C=O) groups is 1. The van der Waals surface area contributed by atoms with Crippen LogP contribution >= 0.6 is 11.6 Å². The standard InChI is InChI=1S/C28H32ClN5O2/c1-4-5-6-15-33-25(21-8-7-9-22(17-21)27(36)30-14-16-32(2)3)18-26(35)34-19-24(31-28(33)34)20-10-12-23(29)13-11-20/h7-13,17-19H,4-6,14-16H2,1-3H3,(H,30,36). The number of amides is 1. The Morgan fingerprint density at radius 1 is 1.06 bits per heavy atom. The van der Waals surface area contributed by atoms with Crippen molar-refractivity contribution in [2.24, 2.45) is 0 Å². The minimum absolute atomic E-state index is 0.134. The van der Waals surface area contributed by atoms with Gasteiger partial charge in [0, 0.05) is 48.0 Å². The molecule has 4 aromatic rings. The molecule has 1 N–H and O–H groups in total. The highest BCUT2D eigenvalue weighted by molar-refractivity contribution is 6.30. The van der Waals surface area contributed by atoms with Crippen LogP contribution in [0.1, 0.15) is 36.5 Å². The fourth-order valence-electron chi connectivity index (χ4n) is 4.15. The quantitative estimate of drug-likeness (QED) is 0.309. The van der Waals surface area contributed by atoms with E-state index in [0.29, 0.717) is 35.1 Å². The Morgan fingerprint density at radius 2 is 1.83 bits per heavy atom. The molecule has 36 heavy (non-hydrogen) atoms. The number of nitrogens with zero attached hydrogens (tertiary/aromatic N) is 4. The Bertz CT molecular complexity index is 1410. The molecule has 0 fully saturated rings. The molecule has 0 aliphatic heterocycles. The molecule has 2 aromatic heterocycles. The number of rotatable bonds is 10. The van der Waals surface area contributed by atoms with E-state index in [-0.39, 0.29) is 11.5 Å². The van der Waals surface area contributed by atoms with Crippen molar-refractivity contribution >= 4 is 23.3 Å². The van der Waals surface area contributed by atoms with Crippen LogP contribution in [0, 0.1) is 0 Å². The van der Waals surface area contributed by atoms with Gasteiger partial charge in [0.15, 0.2) is 0 Å². The molecule has 7 nitrogen and oxygen atoms in total. The maximum absolute atomic E-state index is 13.2. The molecular weight excluding hydrogens is 474 g/mol. The zero-order chi connectivity index (χ0) is 25.7. The lowest BCUT2D eigenvalue weighted by Gasteiger charge is -2.16. The van der Waals surface area contributed by atoms with Crippen LogP contribution in [0.3, 0.4) is 0 Å². The third kappa shape index (κ3) is 5.86. The van der Waals surface area contributed by atoms with E-state index >= 15 is 0 Å². The van der Waals surface area contributed by atoms with Crippen molar-refractivity contribution in [3.8, 4) is 22.5 Å². The molecule has 0 radical (unpaired) electrons. The van der Waals surface area contributed by atoms with Gasteiger partial charge in [-0.15, -0.1) is 0 Å². The molecular formula is C28H32ClN5O2. The Hall–Kier alpha value is -3.42. The van der Waals surface area contributed by atoms with E-state index in [1.165, 1.54) is 0 Å². The van der Waals surface area contributed by atoms with Gasteiger partial charge in [-0.05, 0) is 50.3 Å². The summed E-state index contributed by atoms with van der Waals surface area (Å²) in [4.78, 5) is 32.8. The number of nitrogens with one attached hydrogen (secondary N) is 1. The van der Waals surface area contributed by atoms with Gasteiger partial charge < -0.3 is 14.8 Å². The summed E-state index contributed by atoms with van der Waals surface area (Å²) >= 11 is 6.05. The van der Waals surface area contributed by atoms with Crippen molar-refractivity contribution in [2.45, 2.75) is 32.7 Å². The average molecular weight is 506 g/mol. The SMILES string of the molecule is CCCCCn1c(-c2cccc(C(=O)NCCN(C)C)c2)cc(=O)n2cc(-c3ccc(Cl)cc3)nc12. The zero-order valence-electron chi connectivity index (χ0n) is 21.0. The maximum Gasteiger partial charge on any atom is 0.259 e. The molecule has 0 atom stereocenters. The first-order valence-electron chi connectivity index (χ1n) is 12.3. The monoisotopic (exact) mass is 505 g/mol. The highest BCUT2D eigenvalue weighted by Gasteiger charge is 2.16. The van der Waals surface area contributed by atoms with Gasteiger partial charge >= 0.3 is 0 Å². The topological polar surface area (TPSA) is 71.6 Å². The molecule has 0 spiro atoms. The number of carbonyl (C=O) groups excluding carboxylic acids is 1. The summed E-state index contributed by atoms with van der Waals surface area (Å²) in [7, 11) is 3.93. The molecule has 4 rings (SSSR count). The minimum atomic E-state index is -0.166. The molecule has 0 aliphatic carbocycles. The number of hydrogen-bond acceptors (Lipinski definition) is 4. The molecule has 1 amide bonds. The first-order chi connectivity index (χ1) is 17.4. The number of halogens is 1. The van der Waals surface area contributed by atoms with Gasteiger partial charge in [-0.2, -0.15) is 0 Å². The molecule has 0 saturated heterocycles. The predicted molar refractivity (Wildman–Crippen MR) is 146 cm³/mol. The van der Waals surface area contributed by atoms with Crippen molar-refractivity contribution in [2.75, 3.05) is 27.2 Å². The minimum Gasteiger partial charge on any atom is -0.351 e. The first-order valence-corrected chi connectivity index (χ1v) is 12.7. The van der Waals surface area contributed by atoms with Crippen LogP contribution in [0.2, 0.25) is 5.02 Å². The Labute approximate surface area is 216 Å². The van der Waals surface area contributed by atoms with E-state index in [0.717, 1.165) is 42.6 Å². The molecule has 0 aliphatic rings. The summed E-state index contributed by atoms with van der Waals surface area (Å²) in [6.45, 7) is 4.19. The highest BCUT2D eigenvalue weighted by Crippen LogP contribution is 2.25. The fourth-order valence-corrected chi connectivity index (χ4v) is 4.28. The van der Waals surface area contributed by atoms with Crippen LogP contribution in [0.15, 0.2) is 65.6 Å². The van der Waals surface area contributed by atoms with Crippen LogP contribution in [0.5, 0.6) is 0 Å². The predicted octanol–water partition coefficient (Wildman–Crippen LogP) is 4.97. The number of aromatic nitrogens is 3. The van der Waals surface area contributed by atoms with Gasteiger partial charge in [0.2, 0.25) is 5.78 Å². The summed E-state index contributed by atoms with van der Waals surface area (Å²) in [6.07, 6.45) is 4.88. The van der Waals surface area contributed by atoms with Gasteiger partial charge in [-0.1, -0.05) is 55.6 Å². The van der Waals surface area contributed by atoms with E-state index in [1.54, 1.807) is 22.7 Å². The fraction of sp³-hybridized carbons (Fsp3) is 0.321. The van der Waals surface area contributed by atoms with Gasteiger partial charge in [-0.25, -0.2) is 4.98 Å². The van der Waals surface area contributed by atoms with Gasteiger partial charge in [-0.3, -0.25) is 14.0 Å². The maximum atomic E-state index is 13.2. The Balaban J connectivity index is 1.77. The third-order valence-corrected chi connectivity index (χ3v) is 6.36. The van der Waals surface area contributed by atoms with Crippen molar-refractivity contribution in [1.82, 2.24) is 24.2 Å². The summed E-state index contributed by atoms with van der Waals surface area (Å²) in [5.41, 5.74) is 3.55. The van der Waals surface area contributed by atoms with E-state index in [4.69, 9.17) is 16.6 Å². The Morgan fingerprint density at radius 3 is 2.56 bits per heavy atom. The zero-order valence-corrected chi connectivity index (χ0v) is 21.8. The number of imidazole rings is 1. The van der Waals surface area contributed by atoms with Crippen molar-refractivity contribution in [3.63, 3.8) is 0 Å². The van der Waals surface area contributed by atoms with E-state index in [2.05, 4.69) is 16.8 Å². The number of fused-ring (bicyclic) bond motifs is 1. The number of likely N-dealkylation sites (N-methyl/N-ethyl adjacent to an activating group) is 1. The van der Waals surface area contributed by atoms with E-state index < -0.39 is 0 Å². The van der Waals surface area contributed by atoms with Gasteiger partial charge in [0.25, 0.3) is 11.5 Å². The third-order valence-electron chi connectivity index (χ3n) is 6.11. The first kappa shape index (κ1) is 25.7. The lowest BCUT2D eigenvalue weighted by atomic mass is 10.1. The van der Waals surface area contributed by atoms with Crippen LogP contribution in [-0.2, 0) is 6.54 Å². The molecule has 0 unspecified atom stereocenters. The van der Waals surface area contributed by atoms with Crippen LogP contribution < -0.4 is 10.9 Å². The molecule has 8 heteroatoms. The molecule has 2 aromatic carbocycles. The van der Waals surface area contributed by atoms with Crippen molar-refractivity contribution < 1.29 is 4.79 Å². The number of unbranched alkanes of at least 4 members (excludes halogenated alkanes) is 2.